The summed E-state index contributed by atoms with van der Waals surface area (Å²) in [5, 5.41) is 9.59. The molecule has 0 aliphatic carbocycles. The zero-order valence-electron chi connectivity index (χ0n) is 7.91. The van der Waals surface area contributed by atoms with Crippen LogP contribution in [0, 0.1) is 0 Å². The van der Waals surface area contributed by atoms with Crippen LogP contribution in [0.15, 0.2) is 18.2 Å². The Morgan fingerprint density at radius 1 is 1.33 bits per heavy atom. The molecule has 82 valence electrons. The molecule has 1 rings (SSSR count). The largest absolute Gasteiger partial charge is 0.481 e. The Labute approximate surface area is 97.8 Å². The van der Waals surface area contributed by atoms with Crippen molar-refractivity contribution >= 4 is 29.2 Å². The smallest absolute Gasteiger partial charge is 0.304 e. The van der Waals surface area contributed by atoms with Gasteiger partial charge in [0.05, 0.1) is 6.42 Å². The van der Waals surface area contributed by atoms with E-state index in [0.717, 1.165) is 5.56 Å². The summed E-state index contributed by atoms with van der Waals surface area (Å²) >= 11 is 11.6. The Bertz CT molecular complexity index is 348. The second kappa shape index (κ2) is 5.35. The van der Waals surface area contributed by atoms with Gasteiger partial charge in [-0.3, -0.25) is 4.79 Å². The van der Waals surface area contributed by atoms with Gasteiger partial charge in [-0.05, 0) is 30.2 Å². The summed E-state index contributed by atoms with van der Waals surface area (Å²) in [6.45, 7) is 0. The third-order valence-electron chi connectivity index (χ3n) is 1.86. The second-order valence-electron chi connectivity index (χ2n) is 3.34. The number of hydrogen-bond acceptors (Lipinski definition) is 2. The molecule has 1 unspecified atom stereocenters. The third-order valence-corrected chi connectivity index (χ3v) is 2.29. The van der Waals surface area contributed by atoms with Crippen molar-refractivity contribution in [3.05, 3.63) is 33.8 Å². The Hall–Kier alpha value is -0.770. The van der Waals surface area contributed by atoms with Gasteiger partial charge in [0.15, 0.2) is 0 Å². The summed E-state index contributed by atoms with van der Waals surface area (Å²) in [4.78, 5) is 10.4. The lowest BCUT2D eigenvalue weighted by Crippen LogP contribution is -2.26. The molecular weight excluding hydrogens is 237 g/mol. The van der Waals surface area contributed by atoms with Crippen molar-refractivity contribution in [2.24, 2.45) is 5.73 Å². The van der Waals surface area contributed by atoms with E-state index in [1.807, 2.05) is 0 Å². The Morgan fingerprint density at radius 3 is 2.33 bits per heavy atom. The van der Waals surface area contributed by atoms with Gasteiger partial charge in [0.25, 0.3) is 0 Å². The van der Waals surface area contributed by atoms with Crippen molar-refractivity contribution in [2.45, 2.75) is 18.9 Å². The van der Waals surface area contributed by atoms with E-state index in [1.54, 1.807) is 18.2 Å². The number of halogens is 2. The summed E-state index contributed by atoms with van der Waals surface area (Å²) < 4.78 is 0. The lowest BCUT2D eigenvalue weighted by Gasteiger charge is -2.09. The molecule has 0 heterocycles. The van der Waals surface area contributed by atoms with Gasteiger partial charge in [-0.25, -0.2) is 0 Å². The van der Waals surface area contributed by atoms with Gasteiger partial charge in [0.1, 0.15) is 0 Å². The molecule has 0 amide bonds. The minimum absolute atomic E-state index is 0.0653. The molecule has 0 spiro atoms. The second-order valence-corrected chi connectivity index (χ2v) is 4.21. The highest BCUT2D eigenvalue weighted by Gasteiger charge is 2.09. The van der Waals surface area contributed by atoms with Gasteiger partial charge >= 0.3 is 5.97 Å². The predicted molar refractivity (Wildman–Crippen MR) is 60.4 cm³/mol. The summed E-state index contributed by atoms with van der Waals surface area (Å²) in [7, 11) is 0. The van der Waals surface area contributed by atoms with E-state index in [4.69, 9.17) is 34.0 Å². The van der Waals surface area contributed by atoms with E-state index in [9.17, 15) is 4.79 Å². The normalized spacial score (nSPS) is 12.5. The molecule has 5 heteroatoms. The van der Waals surface area contributed by atoms with Crippen molar-refractivity contribution < 1.29 is 9.90 Å². The Morgan fingerprint density at radius 2 is 1.87 bits per heavy atom. The van der Waals surface area contributed by atoms with Crippen molar-refractivity contribution in [1.29, 1.82) is 0 Å². The molecule has 1 aromatic carbocycles. The van der Waals surface area contributed by atoms with Gasteiger partial charge < -0.3 is 10.8 Å². The molecule has 0 aromatic heterocycles. The van der Waals surface area contributed by atoms with E-state index < -0.39 is 12.0 Å². The zero-order chi connectivity index (χ0) is 11.4. The fourth-order valence-corrected chi connectivity index (χ4v) is 1.90. The lowest BCUT2D eigenvalue weighted by molar-refractivity contribution is -0.137. The summed E-state index contributed by atoms with van der Waals surface area (Å²) in [6.07, 6.45) is 0.386. The van der Waals surface area contributed by atoms with E-state index >= 15 is 0 Å². The van der Waals surface area contributed by atoms with Gasteiger partial charge in [0.2, 0.25) is 0 Å². The van der Waals surface area contributed by atoms with Crippen LogP contribution < -0.4 is 5.73 Å². The molecule has 3 N–H and O–H groups in total. The summed E-state index contributed by atoms with van der Waals surface area (Å²) in [6, 6.07) is 4.66. The maximum atomic E-state index is 10.4. The van der Waals surface area contributed by atoms with Crippen LogP contribution in [0.2, 0.25) is 10.0 Å². The molecule has 0 saturated carbocycles. The molecule has 0 fully saturated rings. The third kappa shape index (κ3) is 4.51. The Balaban J connectivity index is 2.67. The molecule has 15 heavy (non-hydrogen) atoms. The van der Waals surface area contributed by atoms with E-state index in [1.165, 1.54) is 0 Å². The van der Waals surface area contributed by atoms with Gasteiger partial charge in [-0.1, -0.05) is 23.2 Å². The number of carboxylic acid groups (broad SMARTS) is 1. The van der Waals surface area contributed by atoms with Crippen molar-refractivity contribution in [2.75, 3.05) is 0 Å². The maximum absolute atomic E-state index is 10.4. The fourth-order valence-electron chi connectivity index (χ4n) is 1.33. The van der Waals surface area contributed by atoms with Gasteiger partial charge in [-0.15, -0.1) is 0 Å². The molecule has 0 radical (unpaired) electrons. The molecule has 0 saturated heterocycles. The molecule has 0 aliphatic rings. The first-order chi connectivity index (χ1) is 6.97. The lowest BCUT2D eigenvalue weighted by atomic mass is 10.0. The summed E-state index contributed by atoms with van der Waals surface area (Å²) in [5.74, 6) is -0.907. The van der Waals surface area contributed by atoms with Crippen LogP contribution in [0.4, 0.5) is 0 Å². The molecular formula is C10H11Cl2NO2. The van der Waals surface area contributed by atoms with Crippen molar-refractivity contribution in [3.63, 3.8) is 0 Å². The van der Waals surface area contributed by atoms with Gasteiger partial charge in [-0.2, -0.15) is 0 Å². The molecule has 1 atom stereocenters. The highest BCUT2D eigenvalue weighted by Crippen LogP contribution is 2.20. The maximum Gasteiger partial charge on any atom is 0.304 e. The van der Waals surface area contributed by atoms with E-state index in [2.05, 4.69) is 0 Å². The highest BCUT2D eigenvalue weighted by molar-refractivity contribution is 6.34. The SMILES string of the molecule is NC(CC(=O)O)Cc1cc(Cl)cc(Cl)c1. The average Bonchev–Trinajstić information content (AvgIpc) is 1.98. The van der Waals surface area contributed by atoms with Crippen LogP contribution in [-0.4, -0.2) is 17.1 Å². The first-order valence-corrected chi connectivity index (χ1v) is 5.15. The number of rotatable bonds is 4. The Kier molecular flexibility index (Phi) is 4.39. The first kappa shape index (κ1) is 12.3. The number of nitrogens with two attached hydrogens (primary N) is 1. The predicted octanol–water partition coefficient (Wildman–Crippen LogP) is 2.34. The number of benzene rings is 1. The fraction of sp³-hybridized carbons (Fsp3) is 0.300. The van der Waals surface area contributed by atoms with Crippen LogP contribution in [0.3, 0.4) is 0 Å². The minimum atomic E-state index is -0.907. The van der Waals surface area contributed by atoms with Crippen LogP contribution in [-0.2, 0) is 11.2 Å². The number of carboxylic acids is 1. The highest BCUT2D eigenvalue weighted by atomic mass is 35.5. The zero-order valence-corrected chi connectivity index (χ0v) is 9.42. The van der Waals surface area contributed by atoms with Crippen LogP contribution in [0.1, 0.15) is 12.0 Å². The van der Waals surface area contributed by atoms with Crippen LogP contribution in [0.5, 0.6) is 0 Å². The first-order valence-electron chi connectivity index (χ1n) is 4.39. The van der Waals surface area contributed by atoms with E-state index in [0.29, 0.717) is 16.5 Å². The van der Waals surface area contributed by atoms with Crippen LogP contribution in [0.25, 0.3) is 0 Å². The number of carbonyl (C=O) groups is 1. The standard InChI is InChI=1S/C10H11Cl2NO2/c11-7-1-6(2-8(12)4-7)3-9(13)5-10(14)15/h1-2,4,9H,3,5,13H2,(H,14,15). The van der Waals surface area contributed by atoms with Crippen LogP contribution >= 0.6 is 23.2 Å². The average molecular weight is 248 g/mol. The van der Waals surface area contributed by atoms with Crippen molar-refractivity contribution in [1.82, 2.24) is 0 Å². The monoisotopic (exact) mass is 247 g/mol. The molecule has 0 bridgehead atoms. The summed E-state index contributed by atoms with van der Waals surface area (Å²) in [5.41, 5.74) is 6.49. The minimum Gasteiger partial charge on any atom is -0.481 e. The van der Waals surface area contributed by atoms with E-state index in [-0.39, 0.29) is 6.42 Å². The number of hydrogen-bond donors (Lipinski definition) is 2. The molecule has 0 aliphatic heterocycles. The van der Waals surface area contributed by atoms with Gasteiger partial charge in [0, 0.05) is 16.1 Å². The topological polar surface area (TPSA) is 63.3 Å². The molecule has 1 aromatic rings. The van der Waals surface area contributed by atoms with Crippen molar-refractivity contribution in [3.8, 4) is 0 Å². The quantitative estimate of drug-likeness (QED) is 0.859. The molecule has 3 nitrogen and oxygen atoms in total. The number of aliphatic carboxylic acids is 1.